The number of benzene rings is 1. The number of halogens is 2. The SMILES string of the molecule is O=C(c1c(F)cccc1Cl)N1CCC[C@H](O)C1. The minimum atomic E-state index is -0.623. The van der Waals surface area contributed by atoms with Crippen LogP contribution >= 0.6 is 11.6 Å². The second-order valence-corrected chi connectivity index (χ2v) is 4.55. The van der Waals surface area contributed by atoms with Crippen molar-refractivity contribution in [3.63, 3.8) is 0 Å². The molecule has 1 aliphatic heterocycles. The van der Waals surface area contributed by atoms with Gasteiger partial charge in [-0.3, -0.25) is 4.79 Å². The molecule has 17 heavy (non-hydrogen) atoms. The van der Waals surface area contributed by atoms with Gasteiger partial charge in [0.15, 0.2) is 0 Å². The van der Waals surface area contributed by atoms with Crippen LogP contribution < -0.4 is 0 Å². The van der Waals surface area contributed by atoms with Gasteiger partial charge in [0.2, 0.25) is 0 Å². The number of β-amino-alcohol motifs (C(OH)–C–C–N with tert-alkyl or cyclic N) is 1. The fraction of sp³-hybridized carbons (Fsp3) is 0.417. The summed E-state index contributed by atoms with van der Waals surface area (Å²) in [6.45, 7) is 0.768. The van der Waals surface area contributed by atoms with Crippen molar-refractivity contribution in [1.82, 2.24) is 4.90 Å². The zero-order valence-corrected chi connectivity index (χ0v) is 9.95. The summed E-state index contributed by atoms with van der Waals surface area (Å²) >= 11 is 5.83. The third-order valence-electron chi connectivity index (χ3n) is 2.86. The highest BCUT2D eigenvalue weighted by molar-refractivity contribution is 6.33. The Bertz CT molecular complexity index is 418. The van der Waals surface area contributed by atoms with Gasteiger partial charge in [-0.1, -0.05) is 17.7 Å². The summed E-state index contributed by atoms with van der Waals surface area (Å²) < 4.78 is 13.6. The average Bonchev–Trinajstić information content (AvgIpc) is 2.28. The first-order chi connectivity index (χ1) is 8.09. The number of aliphatic hydroxyl groups excluding tert-OH is 1. The third kappa shape index (κ3) is 2.58. The van der Waals surface area contributed by atoms with E-state index in [9.17, 15) is 14.3 Å². The Kier molecular flexibility index (Phi) is 3.64. The molecule has 1 saturated heterocycles. The van der Waals surface area contributed by atoms with Gasteiger partial charge >= 0.3 is 0 Å². The van der Waals surface area contributed by atoms with Crippen molar-refractivity contribution in [3.8, 4) is 0 Å². The summed E-state index contributed by atoms with van der Waals surface area (Å²) in [4.78, 5) is 13.5. The number of carbonyl (C=O) groups excluding carboxylic acids is 1. The highest BCUT2D eigenvalue weighted by atomic mass is 35.5. The van der Waals surface area contributed by atoms with E-state index in [2.05, 4.69) is 0 Å². The van der Waals surface area contributed by atoms with E-state index in [0.717, 1.165) is 6.42 Å². The summed E-state index contributed by atoms with van der Waals surface area (Å²) in [5.74, 6) is -1.07. The molecule has 2 rings (SSSR count). The molecule has 3 nitrogen and oxygen atoms in total. The number of aliphatic hydroxyl groups is 1. The van der Waals surface area contributed by atoms with Gasteiger partial charge in [0.05, 0.1) is 16.7 Å². The van der Waals surface area contributed by atoms with E-state index >= 15 is 0 Å². The first-order valence-electron chi connectivity index (χ1n) is 5.51. The smallest absolute Gasteiger partial charge is 0.258 e. The second kappa shape index (κ2) is 5.02. The van der Waals surface area contributed by atoms with E-state index in [1.165, 1.54) is 23.1 Å². The Labute approximate surface area is 104 Å². The van der Waals surface area contributed by atoms with Crippen molar-refractivity contribution in [2.75, 3.05) is 13.1 Å². The molecule has 0 saturated carbocycles. The molecule has 1 aliphatic rings. The van der Waals surface area contributed by atoms with Crippen LogP contribution in [0.3, 0.4) is 0 Å². The lowest BCUT2D eigenvalue weighted by Gasteiger charge is -2.30. The van der Waals surface area contributed by atoms with E-state index < -0.39 is 17.8 Å². The van der Waals surface area contributed by atoms with Gasteiger partial charge in [-0.25, -0.2) is 4.39 Å². The molecule has 0 aromatic heterocycles. The topological polar surface area (TPSA) is 40.5 Å². The Hall–Kier alpha value is -1.13. The van der Waals surface area contributed by atoms with Crippen LogP contribution in [0.15, 0.2) is 18.2 Å². The number of likely N-dealkylation sites (tertiary alicyclic amines) is 1. The number of hydrogen-bond donors (Lipinski definition) is 1. The quantitative estimate of drug-likeness (QED) is 0.837. The van der Waals surface area contributed by atoms with Crippen molar-refractivity contribution in [1.29, 1.82) is 0 Å². The van der Waals surface area contributed by atoms with Gasteiger partial charge in [-0.15, -0.1) is 0 Å². The van der Waals surface area contributed by atoms with E-state index in [1.54, 1.807) is 0 Å². The van der Waals surface area contributed by atoms with E-state index in [4.69, 9.17) is 11.6 Å². The molecule has 5 heteroatoms. The molecule has 92 valence electrons. The van der Waals surface area contributed by atoms with Crippen molar-refractivity contribution in [3.05, 3.63) is 34.6 Å². The first kappa shape index (κ1) is 12.3. The number of amides is 1. The van der Waals surface area contributed by atoms with E-state index in [0.29, 0.717) is 13.0 Å². The Morgan fingerprint density at radius 2 is 2.29 bits per heavy atom. The predicted octanol–water partition coefficient (Wildman–Crippen LogP) is 2.08. The number of piperidine rings is 1. The standard InChI is InChI=1S/C12H13ClFNO2/c13-9-4-1-5-10(14)11(9)12(17)15-6-2-3-8(16)7-15/h1,4-5,8,16H,2-3,6-7H2/t8-/m0/s1. The fourth-order valence-electron chi connectivity index (χ4n) is 2.00. The third-order valence-corrected chi connectivity index (χ3v) is 3.18. The molecular formula is C12H13ClFNO2. The summed E-state index contributed by atoms with van der Waals surface area (Å²) in [7, 11) is 0. The zero-order chi connectivity index (χ0) is 12.4. The first-order valence-corrected chi connectivity index (χ1v) is 5.88. The van der Waals surface area contributed by atoms with Crippen molar-refractivity contribution < 1.29 is 14.3 Å². The van der Waals surface area contributed by atoms with Gasteiger partial charge in [0, 0.05) is 13.1 Å². The molecule has 1 aromatic carbocycles. The number of hydrogen-bond acceptors (Lipinski definition) is 2. The number of carbonyl (C=O) groups is 1. The van der Waals surface area contributed by atoms with Crippen molar-refractivity contribution >= 4 is 17.5 Å². The van der Waals surface area contributed by atoms with Gasteiger partial charge in [-0.05, 0) is 25.0 Å². The highest BCUT2D eigenvalue weighted by Crippen LogP contribution is 2.22. The van der Waals surface area contributed by atoms with E-state index in [1.807, 2.05) is 0 Å². The van der Waals surface area contributed by atoms with Gasteiger partial charge in [0.25, 0.3) is 5.91 Å². The van der Waals surface area contributed by atoms with Crippen LogP contribution in [0.5, 0.6) is 0 Å². The minimum Gasteiger partial charge on any atom is -0.391 e. The molecule has 0 radical (unpaired) electrons. The molecular weight excluding hydrogens is 245 g/mol. The van der Waals surface area contributed by atoms with Crippen molar-refractivity contribution in [2.45, 2.75) is 18.9 Å². The van der Waals surface area contributed by atoms with Crippen LogP contribution in [0.1, 0.15) is 23.2 Å². The molecule has 1 amide bonds. The van der Waals surface area contributed by atoms with Crippen LogP contribution in [0.4, 0.5) is 4.39 Å². The summed E-state index contributed by atoms with van der Waals surface area (Å²) in [6, 6.07) is 4.15. The lowest BCUT2D eigenvalue weighted by molar-refractivity contribution is 0.0470. The van der Waals surface area contributed by atoms with Crippen LogP contribution in [0, 0.1) is 5.82 Å². The van der Waals surface area contributed by atoms with Crippen molar-refractivity contribution in [2.24, 2.45) is 0 Å². The summed E-state index contributed by atoms with van der Waals surface area (Å²) in [6.07, 6.45) is 0.867. The Morgan fingerprint density at radius 1 is 1.53 bits per heavy atom. The highest BCUT2D eigenvalue weighted by Gasteiger charge is 2.26. The van der Waals surface area contributed by atoms with Gasteiger partial charge in [0.1, 0.15) is 5.82 Å². The van der Waals surface area contributed by atoms with Gasteiger partial charge < -0.3 is 10.0 Å². The fourth-order valence-corrected chi connectivity index (χ4v) is 2.24. The second-order valence-electron chi connectivity index (χ2n) is 4.14. The van der Waals surface area contributed by atoms with Crippen LogP contribution in [0.25, 0.3) is 0 Å². The Balaban J connectivity index is 2.24. The molecule has 1 heterocycles. The molecule has 1 fully saturated rings. The molecule has 0 bridgehead atoms. The predicted molar refractivity (Wildman–Crippen MR) is 62.6 cm³/mol. The summed E-state index contributed by atoms with van der Waals surface area (Å²) in [5, 5.41) is 9.60. The lowest BCUT2D eigenvalue weighted by Crippen LogP contribution is -2.42. The Morgan fingerprint density at radius 3 is 2.94 bits per heavy atom. The van der Waals surface area contributed by atoms with Gasteiger partial charge in [-0.2, -0.15) is 0 Å². The van der Waals surface area contributed by atoms with Crippen LogP contribution in [-0.4, -0.2) is 35.1 Å². The molecule has 1 atom stereocenters. The zero-order valence-electron chi connectivity index (χ0n) is 9.20. The monoisotopic (exact) mass is 257 g/mol. The molecule has 0 aliphatic carbocycles. The maximum Gasteiger partial charge on any atom is 0.258 e. The lowest BCUT2D eigenvalue weighted by atomic mass is 10.1. The molecule has 0 spiro atoms. The maximum atomic E-state index is 13.6. The molecule has 0 unspecified atom stereocenters. The van der Waals surface area contributed by atoms with Crippen LogP contribution in [-0.2, 0) is 0 Å². The van der Waals surface area contributed by atoms with E-state index in [-0.39, 0.29) is 17.1 Å². The molecule has 1 aromatic rings. The number of nitrogens with zero attached hydrogens (tertiary/aromatic N) is 1. The normalized spacial score (nSPS) is 20.4. The summed E-state index contributed by atoms with van der Waals surface area (Å²) in [5.41, 5.74) is -0.108. The number of rotatable bonds is 1. The largest absolute Gasteiger partial charge is 0.391 e. The van der Waals surface area contributed by atoms with Crippen LogP contribution in [0.2, 0.25) is 5.02 Å². The molecule has 1 N–H and O–H groups in total. The minimum absolute atomic E-state index is 0.107. The average molecular weight is 258 g/mol. The maximum absolute atomic E-state index is 13.6.